The molecule has 0 amide bonds. The molecule has 0 saturated heterocycles. The summed E-state index contributed by atoms with van der Waals surface area (Å²) in [4.78, 5) is 12.8. The van der Waals surface area contributed by atoms with Gasteiger partial charge in [-0.1, -0.05) is 96.2 Å². The van der Waals surface area contributed by atoms with Crippen LogP contribution in [0.5, 0.6) is 5.75 Å². The number of nitrogens with one attached hydrogen (secondary N) is 1. The predicted molar refractivity (Wildman–Crippen MR) is 186 cm³/mol. The molecule has 2 aromatic carbocycles. The van der Waals surface area contributed by atoms with Crippen LogP contribution in [0, 0.1) is 5.41 Å². The molecular formula is C37H59N2O6P. The number of unbranched alkanes of at least 4 members (excludes halogenated alkanes) is 5. The van der Waals surface area contributed by atoms with Gasteiger partial charge in [-0.25, -0.2) is 4.57 Å². The van der Waals surface area contributed by atoms with Gasteiger partial charge >= 0.3 is 13.7 Å². The minimum Gasteiger partial charge on any atom is -0.464 e. The molecule has 0 fully saturated rings. The zero-order valence-corrected chi connectivity index (χ0v) is 29.8. The molecule has 4 N–H and O–H groups in total. The summed E-state index contributed by atoms with van der Waals surface area (Å²) >= 11 is 0. The van der Waals surface area contributed by atoms with Crippen LogP contribution in [0.2, 0.25) is 0 Å². The Balaban J connectivity index is 1.65. The highest BCUT2D eigenvalue weighted by atomic mass is 31.2. The van der Waals surface area contributed by atoms with Crippen molar-refractivity contribution in [2.45, 2.75) is 130 Å². The smallest absolute Gasteiger partial charge is 0.459 e. The van der Waals surface area contributed by atoms with Crippen LogP contribution in [0.15, 0.2) is 42.5 Å². The van der Waals surface area contributed by atoms with Gasteiger partial charge in [0.1, 0.15) is 11.8 Å². The monoisotopic (exact) mass is 658 g/mol. The second-order valence-corrected chi connectivity index (χ2v) is 16.0. The molecule has 3 rings (SSSR count). The Hall–Kier alpha value is -2.22. The highest BCUT2D eigenvalue weighted by Gasteiger charge is 2.37. The summed E-state index contributed by atoms with van der Waals surface area (Å²) in [6, 6.07) is 13.3. The number of aliphatic hydroxyl groups is 1. The lowest BCUT2D eigenvalue weighted by molar-refractivity contribution is -0.148. The molecule has 1 aliphatic rings. The van der Waals surface area contributed by atoms with Gasteiger partial charge in [0.15, 0.2) is 0 Å². The number of hydrogen-bond acceptors (Lipinski definition) is 7. The van der Waals surface area contributed by atoms with E-state index in [9.17, 15) is 14.5 Å². The van der Waals surface area contributed by atoms with Gasteiger partial charge in [0, 0.05) is 0 Å². The maximum Gasteiger partial charge on any atom is 0.459 e. The Labute approximate surface area is 277 Å². The number of ether oxygens (including phenoxy) is 1. The summed E-state index contributed by atoms with van der Waals surface area (Å²) in [6.07, 6.45) is 13.6. The van der Waals surface area contributed by atoms with Gasteiger partial charge in [-0.2, -0.15) is 5.09 Å². The highest BCUT2D eigenvalue weighted by molar-refractivity contribution is 7.52. The molecule has 0 bridgehead atoms. The summed E-state index contributed by atoms with van der Waals surface area (Å²) < 4.78 is 31.9. The molecule has 8 nitrogen and oxygen atoms in total. The summed E-state index contributed by atoms with van der Waals surface area (Å²) in [5, 5.41) is 13.1. The second kappa shape index (κ2) is 18.4. The van der Waals surface area contributed by atoms with Gasteiger partial charge < -0.3 is 20.1 Å². The SMILES string of the molecule is CCCCCCCCc1ccc(CCC(N)(CO)COP(=O)(N[C@H](C)C(=O)OCC(C)(C)C)Oc2cccc3c2CCCC3)cc1. The topological polar surface area (TPSA) is 120 Å². The number of hydrogen-bond donors (Lipinski definition) is 3. The largest absolute Gasteiger partial charge is 0.464 e. The maximum absolute atomic E-state index is 14.3. The molecule has 2 aromatic rings. The average Bonchev–Trinajstić information content (AvgIpc) is 3.03. The van der Waals surface area contributed by atoms with E-state index in [0.29, 0.717) is 18.6 Å². The van der Waals surface area contributed by atoms with E-state index >= 15 is 0 Å². The third kappa shape index (κ3) is 13.1. The molecule has 2 unspecified atom stereocenters. The van der Waals surface area contributed by atoms with Gasteiger partial charge in [-0.3, -0.25) is 9.32 Å². The highest BCUT2D eigenvalue weighted by Crippen LogP contribution is 2.47. The lowest BCUT2D eigenvalue weighted by Crippen LogP contribution is -2.49. The Morgan fingerprint density at radius 3 is 2.28 bits per heavy atom. The van der Waals surface area contributed by atoms with Gasteiger partial charge in [-0.05, 0) is 92.0 Å². The van der Waals surface area contributed by atoms with Gasteiger partial charge in [0.25, 0.3) is 0 Å². The minimum absolute atomic E-state index is 0.215. The third-order valence-electron chi connectivity index (χ3n) is 8.51. The van der Waals surface area contributed by atoms with E-state index in [1.165, 1.54) is 44.1 Å². The molecule has 0 heterocycles. The third-order valence-corrected chi connectivity index (χ3v) is 10.1. The summed E-state index contributed by atoms with van der Waals surface area (Å²) in [5.74, 6) is -0.0884. The van der Waals surface area contributed by atoms with Crippen molar-refractivity contribution in [3.8, 4) is 5.75 Å². The first-order chi connectivity index (χ1) is 21.9. The fourth-order valence-corrected chi connectivity index (χ4v) is 7.16. The Morgan fingerprint density at radius 1 is 0.957 bits per heavy atom. The first kappa shape index (κ1) is 38.2. The number of rotatable bonds is 20. The number of aryl methyl sites for hydroxylation is 3. The van der Waals surface area contributed by atoms with Crippen molar-refractivity contribution >= 4 is 13.7 Å². The summed E-state index contributed by atoms with van der Waals surface area (Å²) in [6.45, 7) is 9.32. The van der Waals surface area contributed by atoms with Gasteiger partial charge in [0.2, 0.25) is 0 Å². The van der Waals surface area contributed by atoms with Crippen LogP contribution in [0.4, 0.5) is 0 Å². The number of carbonyl (C=O) groups is 1. The van der Waals surface area contributed by atoms with Crippen LogP contribution in [-0.2, 0) is 44.3 Å². The van der Waals surface area contributed by atoms with E-state index in [0.717, 1.165) is 48.8 Å². The number of fused-ring (bicyclic) bond motifs is 1. The molecule has 46 heavy (non-hydrogen) atoms. The standard InChI is InChI=1S/C37H59N2O6P/c1-6-7-8-9-10-11-15-30-20-22-31(23-21-30)24-25-37(38,26-40)28-44-46(42,39-29(2)35(41)43-27-36(3,4)5)45-34-19-14-17-32-16-12-13-18-33(32)34/h14,17,19-23,29,40H,6-13,15-16,18,24-28,38H2,1-5H3,(H,39,42)/t29-,37?,46?/m1/s1. The van der Waals surface area contributed by atoms with Crippen LogP contribution in [-0.4, -0.2) is 42.5 Å². The first-order valence-electron chi connectivity index (χ1n) is 17.3. The van der Waals surface area contributed by atoms with Crippen molar-refractivity contribution in [2.75, 3.05) is 19.8 Å². The molecule has 0 radical (unpaired) electrons. The van der Waals surface area contributed by atoms with E-state index in [1.54, 1.807) is 13.0 Å². The van der Waals surface area contributed by atoms with Crippen molar-refractivity contribution in [2.24, 2.45) is 11.1 Å². The Morgan fingerprint density at radius 2 is 1.61 bits per heavy atom. The molecule has 1 aliphatic carbocycles. The van der Waals surface area contributed by atoms with E-state index in [1.807, 2.05) is 26.8 Å². The summed E-state index contributed by atoms with van der Waals surface area (Å²) in [5.41, 5.74) is 9.82. The zero-order valence-electron chi connectivity index (χ0n) is 28.9. The zero-order chi connectivity index (χ0) is 33.6. The number of benzene rings is 2. The first-order valence-corrected chi connectivity index (χ1v) is 18.9. The molecule has 0 aromatic heterocycles. The quantitative estimate of drug-likeness (QED) is 0.0747. The van der Waals surface area contributed by atoms with Crippen molar-refractivity contribution < 1.29 is 28.3 Å². The molecule has 9 heteroatoms. The van der Waals surface area contributed by atoms with Crippen molar-refractivity contribution in [1.29, 1.82) is 0 Å². The summed E-state index contributed by atoms with van der Waals surface area (Å²) in [7, 11) is -4.14. The number of esters is 1. The van der Waals surface area contributed by atoms with Crippen LogP contribution in [0.25, 0.3) is 0 Å². The van der Waals surface area contributed by atoms with Crippen molar-refractivity contribution in [1.82, 2.24) is 5.09 Å². The Bertz CT molecular complexity index is 1260. The minimum atomic E-state index is -4.14. The lowest BCUT2D eigenvalue weighted by atomic mass is 9.91. The van der Waals surface area contributed by atoms with Crippen LogP contribution in [0.3, 0.4) is 0 Å². The fourth-order valence-electron chi connectivity index (χ4n) is 5.54. The molecule has 3 atom stereocenters. The van der Waals surface area contributed by atoms with E-state index in [4.69, 9.17) is 19.5 Å². The lowest BCUT2D eigenvalue weighted by Gasteiger charge is -2.31. The second-order valence-electron chi connectivity index (χ2n) is 14.3. The average molecular weight is 659 g/mol. The molecule has 258 valence electrons. The number of carbonyl (C=O) groups excluding carboxylic acids is 1. The number of aliphatic hydroxyl groups excluding tert-OH is 1. The van der Waals surface area contributed by atoms with E-state index < -0.39 is 25.3 Å². The van der Waals surface area contributed by atoms with Crippen molar-refractivity contribution in [3.63, 3.8) is 0 Å². The van der Waals surface area contributed by atoms with Gasteiger partial charge in [0.05, 0.1) is 25.4 Å². The number of nitrogens with two attached hydrogens (primary N) is 1. The predicted octanol–water partition coefficient (Wildman–Crippen LogP) is 7.86. The van der Waals surface area contributed by atoms with E-state index in [2.05, 4.69) is 42.3 Å². The van der Waals surface area contributed by atoms with E-state index in [-0.39, 0.29) is 25.2 Å². The van der Waals surface area contributed by atoms with Crippen LogP contribution < -0.4 is 15.3 Å². The molecular weight excluding hydrogens is 599 g/mol. The Kier molecular flexibility index (Phi) is 15.3. The molecule has 0 spiro atoms. The van der Waals surface area contributed by atoms with Crippen LogP contribution >= 0.6 is 7.75 Å². The molecule has 0 aliphatic heterocycles. The van der Waals surface area contributed by atoms with Crippen molar-refractivity contribution in [3.05, 3.63) is 64.7 Å². The van der Waals surface area contributed by atoms with Crippen LogP contribution in [0.1, 0.15) is 115 Å². The maximum atomic E-state index is 14.3. The fraction of sp³-hybridized carbons (Fsp3) is 0.649. The normalized spacial score (nSPS) is 16.6. The molecule has 0 saturated carbocycles. The van der Waals surface area contributed by atoms with Gasteiger partial charge in [-0.15, -0.1) is 0 Å².